The third-order valence-electron chi connectivity index (χ3n) is 8.45. The second-order valence-electron chi connectivity index (χ2n) is 11.0. The van der Waals surface area contributed by atoms with Crippen molar-refractivity contribution < 1.29 is 31.9 Å². The number of oxazole rings is 1. The molecule has 224 valence electrons. The average molecular weight is 606 g/mol. The van der Waals surface area contributed by atoms with Gasteiger partial charge in [0.1, 0.15) is 22.7 Å². The van der Waals surface area contributed by atoms with Crippen LogP contribution < -0.4 is 9.64 Å². The van der Waals surface area contributed by atoms with Crippen LogP contribution in [0.4, 0.5) is 15.8 Å². The lowest BCUT2D eigenvalue weighted by Gasteiger charge is -2.36. The van der Waals surface area contributed by atoms with E-state index in [9.17, 15) is 22.7 Å². The van der Waals surface area contributed by atoms with Crippen LogP contribution in [-0.4, -0.2) is 48.4 Å². The van der Waals surface area contributed by atoms with Crippen molar-refractivity contribution in [1.29, 1.82) is 0 Å². The lowest BCUT2D eigenvalue weighted by Crippen LogP contribution is -2.46. The number of sulfonamides is 1. The van der Waals surface area contributed by atoms with Crippen molar-refractivity contribution in [3.05, 3.63) is 90.4 Å². The first-order valence-electron chi connectivity index (χ1n) is 14.3. The first-order chi connectivity index (χ1) is 20.7. The maximum Gasteiger partial charge on any atom is 0.338 e. The van der Waals surface area contributed by atoms with Gasteiger partial charge in [0.05, 0.1) is 17.4 Å². The molecule has 1 aliphatic heterocycles. The first-order valence-corrected chi connectivity index (χ1v) is 15.7. The normalized spacial score (nSPS) is 19.0. The highest BCUT2D eigenvalue weighted by Crippen LogP contribution is 2.46. The highest BCUT2D eigenvalue weighted by atomic mass is 32.2. The van der Waals surface area contributed by atoms with Gasteiger partial charge in [-0.05, 0) is 54.7 Å². The quantitative estimate of drug-likeness (QED) is 0.255. The smallest absolute Gasteiger partial charge is 0.338 e. The van der Waals surface area contributed by atoms with Gasteiger partial charge in [-0.2, -0.15) is 4.31 Å². The predicted molar refractivity (Wildman–Crippen MR) is 158 cm³/mol. The lowest BCUT2D eigenvalue weighted by molar-refractivity contribution is 0.0692. The number of anilines is 2. The molecular weight excluding hydrogens is 573 g/mol. The lowest BCUT2D eigenvalue weighted by atomic mass is 9.83. The molecule has 0 radical (unpaired) electrons. The highest BCUT2D eigenvalue weighted by molar-refractivity contribution is 7.89. The van der Waals surface area contributed by atoms with Crippen LogP contribution in [0.25, 0.3) is 11.1 Å². The van der Waals surface area contributed by atoms with Gasteiger partial charge in [-0.3, -0.25) is 0 Å². The fraction of sp³-hybridized carbons (Fsp3) is 0.312. The van der Waals surface area contributed by atoms with Gasteiger partial charge in [0.2, 0.25) is 15.9 Å². The summed E-state index contributed by atoms with van der Waals surface area (Å²) in [5.74, 6) is -1.56. The zero-order chi connectivity index (χ0) is 30.1. The Hall–Kier alpha value is -4.22. The van der Waals surface area contributed by atoms with E-state index in [0.29, 0.717) is 29.2 Å². The zero-order valence-electron chi connectivity index (χ0n) is 23.6. The van der Waals surface area contributed by atoms with E-state index in [1.165, 1.54) is 35.0 Å². The Kier molecular flexibility index (Phi) is 7.93. The first kappa shape index (κ1) is 28.9. The van der Waals surface area contributed by atoms with Crippen LogP contribution in [0.3, 0.4) is 0 Å². The number of ether oxygens (including phenoxy) is 1. The number of rotatable bonds is 7. The van der Waals surface area contributed by atoms with Crippen molar-refractivity contribution in [2.24, 2.45) is 5.92 Å². The summed E-state index contributed by atoms with van der Waals surface area (Å²) in [5.41, 5.74) is 1.32. The van der Waals surface area contributed by atoms with Crippen LogP contribution in [0, 0.1) is 11.7 Å². The minimum absolute atomic E-state index is 0.0526. The van der Waals surface area contributed by atoms with Gasteiger partial charge in [0.25, 0.3) is 0 Å². The van der Waals surface area contributed by atoms with Crippen molar-refractivity contribution in [3.63, 3.8) is 0 Å². The van der Waals surface area contributed by atoms with Gasteiger partial charge < -0.3 is 19.2 Å². The Morgan fingerprint density at radius 3 is 2.56 bits per heavy atom. The molecule has 1 aromatic heterocycles. The van der Waals surface area contributed by atoms with Gasteiger partial charge >= 0.3 is 5.97 Å². The van der Waals surface area contributed by atoms with E-state index >= 15 is 0 Å². The molecule has 2 heterocycles. The standard InChI is InChI=1S/C32H32FN3O6S/c1-35-28(21-8-4-2-5-9-21)19-36(23-10-6-3-7-11-23)27-18-29(42-20-31-34-14-15-41-31)24(17-30(27)43(35,39)40)22-12-13-26(33)25(16-22)32(37)38/h3,6-7,10-18,21,28H,2,4-5,8-9,19-20H2,1H3,(H,37,38)/t28-/m0/s1. The van der Waals surface area contributed by atoms with Gasteiger partial charge in [0.15, 0.2) is 6.61 Å². The minimum atomic E-state index is -4.02. The Balaban J connectivity index is 1.57. The topological polar surface area (TPSA) is 113 Å². The van der Waals surface area contributed by atoms with Crippen LogP contribution in [0.15, 0.2) is 82.4 Å². The van der Waals surface area contributed by atoms with Crippen molar-refractivity contribution >= 4 is 27.4 Å². The van der Waals surface area contributed by atoms with Crippen LogP contribution in [0.1, 0.15) is 48.4 Å². The van der Waals surface area contributed by atoms with E-state index in [0.717, 1.165) is 43.9 Å². The van der Waals surface area contributed by atoms with Gasteiger partial charge in [-0.15, -0.1) is 0 Å². The number of carboxylic acids is 1. The monoisotopic (exact) mass is 605 g/mol. The summed E-state index contributed by atoms with van der Waals surface area (Å²) in [5, 5.41) is 9.59. The molecule has 43 heavy (non-hydrogen) atoms. The number of carbonyl (C=O) groups is 1. The molecule has 1 fully saturated rings. The minimum Gasteiger partial charge on any atom is -0.483 e. The second kappa shape index (κ2) is 11.8. The molecule has 0 unspecified atom stereocenters. The van der Waals surface area contributed by atoms with E-state index in [-0.39, 0.29) is 29.2 Å². The summed E-state index contributed by atoms with van der Waals surface area (Å²) >= 11 is 0. The summed E-state index contributed by atoms with van der Waals surface area (Å²) in [6.07, 6.45) is 8.08. The molecule has 3 aromatic carbocycles. The number of likely N-dealkylation sites (N-methyl/N-ethyl adjacent to an activating group) is 1. The fourth-order valence-corrected chi connectivity index (χ4v) is 7.79. The third kappa shape index (κ3) is 5.62. The maximum absolute atomic E-state index is 14.4. The van der Waals surface area contributed by atoms with Crippen molar-refractivity contribution in [1.82, 2.24) is 9.29 Å². The van der Waals surface area contributed by atoms with Crippen LogP contribution in [-0.2, 0) is 16.6 Å². The number of carboxylic acid groups (broad SMARTS) is 1. The second-order valence-corrected chi connectivity index (χ2v) is 12.9. The number of halogens is 1. The molecule has 2 aliphatic rings. The molecule has 0 spiro atoms. The maximum atomic E-state index is 14.4. The van der Waals surface area contributed by atoms with Crippen LogP contribution in [0.5, 0.6) is 5.75 Å². The van der Waals surface area contributed by atoms with Gasteiger partial charge in [0, 0.05) is 37.0 Å². The third-order valence-corrected chi connectivity index (χ3v) is 10.4. The number of nitrogens with zero attached hydrogens (tertiary/aromatic N) is 3. The molecule has 1 aliphatic carbocycles. The van der Waals surface area contributed by atoms with E-state index in [1.54, 1.807) is 13.1 Å². The van der Waals surface area contributed by atoms with Crippen LogP contribution in [0.2, 0.25) is 0 Å². The number of para-hydroxylation sites is 1. The number of hydrogen-bond donors (Lipinski definition) is 1. The average Bonchev–Trinajstić information content (AvgIpc) is 3.52. The molecular formula is C32H32FN3O6S. The Morgan fingerprint density at radius 1 is 1.09 bits per heavy atom. The molecule has 1 atom stereocenters. The summed E-state index contributed by atoms with van der Waals surface area (Å²) in [7, 11) is -2.38. The SMILES string of the molecule is CN1[C@H](C2CCCCC2)CN(c2ccccc2)c2cc(OCc3ncco3)c(-c3ccc(F)c(C(=O)O)c3)cc2S1(=O)=O. The molecule has 4 aromatic rings. The Labute approximate surface area is 249 Å². The van der Waals surface area contributed by atoms with Crippen LogP contribution >= 0.6 is 0 Å². The summed E-state index contributed by atoms with van der Waals surface area (Å²) in [6, 6.07) is 16.2. The number of hydrogen-bond acceptors (Lipinski definition) is 7. The van der Waals surface area contributed by atoms with Crippen molar-refractivity contribution in [2.45, 2.75) is 49.6 Å². The Morgan fingerprint density at radius 2 is 1.86 bits per heavy atom. The largest absolute Gasteiger partial charge is 0.483 e. The highest BCUT2D eigenvalue weighted by Gasteiger charge is 2.41. The summed E-state index contributed by atoms with van der Waals surface area (Å²) < 4.78 is 56.2. The fourth-order valence-electron chi connectivity index (χ4n) is 6.18. The van der Waals surface area contributed by atoms with E-state index in [2.05, 4.69) is 4.98 Å². The van der Waals surface area contributed by atoms with E-state index in [4.69, 9.17) is 9.15 Å². The molecule has 1 N–H and O–H groups in total. The number of aromatic nitrogens is 1. The van der Waals surface area contributed by atoms with Gasteiger partial charge in [-0.1, -0.05) is 43.5 Å². The van der Waals surface area contributed by atoms with E-state index in [1.807, 2.05) is 35.2 Å². The summed E-state index contributed by atoms with van der Waals surface area (Å²) in [6.45, 7) is 0.379. The molecule has 9 nitrogen and oxygen atoms in total. The van der Waals surface area contributed by atoms with E-state index < -0.39 is 27.4 Å². The number of aromatic carboxylic acids is 1. The molecule has 0 saturated heterocycles. The molecule has 0 amide bonds. The van der Waals surface area contributed by atoms with Crippen molar-refractivity contribution in [2.75, 3.05) is 18.5 Å². The van der Waals surface area contributed by atoms with Crippen molar-refractivity contribution in [3.8, 4) is 16.9 Å². The number of fused-ring (bicyclic) bond motifs is 1. The Bertz CT molecular complexity index is 1720. The zero-order valence-corrected chi connectivity index (χ0v) is 24.5. The van der Waals surface area contributed by atoms with Gasteiger partial charge in [-0.25, -0.2) is 22.6 Å². The predicted octanol–water partition coefficient (Wildman–Crippen LogP) is 6.48. The summed E-state index contributed by atoms with van der Waals surface area (Å²) in [4.78, 5) is 18.0. The number of benzene rings is 3. The molecule has 11 heteroatoms. The molecule has 1 saturated carbocycles. The molecule has 6 rings (SSSR count). The molecule has 0 bridgehead atoms.